The summed E-state index contributed by atoms with van der Waals surface area (Å²) in [4.78, 5) is 0. The summed E-state index contributed by atoms with van der Waals surface area (Å²) < 4.78 is 27.9. The standard InChI is InChI=1S/C9H16N4O3S2/c1-7-10-11-9(17-7)12-18(15,16)13-4-2-8(6-14)3-5-13/h8,14H,2-6H2,1H3,(H,11,12). The maximum Gasteiger partial charge on any atom is 0.303 e. The van der Waals surface area contributed by atoms with Crippen molar-refractivity contribution >= 4 is 26.7 Å². The second kappa shape index (κ2) is 5.47. The van der Waals surface area contributed by atoms with Gasteiger partial charge in [0.1, 0.15) is 5.01 Å². The zero-order valence-electron chi connectivity index (χ0n) is 10.0. The lowest BCUT2D eigenvalue weighted by Gasteiger charge is -2.29. The lowest BCUT2D eigenvalue weighted by molar-refractivity contribution is 0.170. The normalized spacial score (nSPS) is 19.0. The van der Waals surface area contributed by atoms with E-state index in [9.17, 15) is 8.42 Å². The first-order valence-electron chi connectivity index (χ1n) is 5.70. The highest BCUT2D eigenvalue weighted by atomic mass is 32.2. The van der Waals surface area contributed by atoms with Crippen LogP contribution in [0.4, 0.5) is 5.13 Å². The molecule has 102 valence electrons. The van der Waals surface area contributed by atoms with E-state index >= 15 is 0 Å². The first kappa shape index (κ1) is 13.7. The van der Waals surface area contributed by atoms with Gasteiger partial charge >= 0.3 is 10.2 Å². The molecule has 0 aromatic carbocycles. The second-order valence-electron chi connectivity index (χ2n) is 4.26. The van der Waals surface area contributed by atoms with Gasteiger partial charge in [-0.3, -0.25) is 0 Å². The van der Waals surface area contributed by atoms with Crippen LogP contribution in [0.25, 0.3) is 0 Å². The second-order valence-corrected chi connectivity index (χ2v) is 7.11. The van der Waals surface area contributed by atoms with Gasteiger partial charge in [0.05, 0.1) is 0 Å². The number of hydrogen-bond donors (Lipinski definition) is 2. The number of aromatic nitrogens is 2. The molecule has 9 heteroatoms. The third-order valence-electron chi connectivity index (χ3n) is 2.91. The van der Waals surface area contributed by atoms with Crippen molar-refractivity contribution in [1.82, 2.24) is 14.5 Å². The lowest BCUT2D eigenvalue weighted by Crippen LogP contribution is -2.42. The van der Waals surface area contributed by atoms with E-state index in [1.54, 1.807) is 6.92 Å². The number of anilines is 1. The van der Waals surface area contributed by atoms with Crippen LogP contribution in [-0.4, -0.2) is 47.7 Å². The predicted octanol–water partition coefficient (Wildman–Crippen LogP) is 0.208. The van der Waals surface area contributed by atoms with Crippen LogP contribution < -0.4 is 4.72 Å². The molecule has 2 N–H and O–H groups in total. The molecule has 1 aliphatic rings. The molecule has 0 unspecified atom stereocenters. The highest BCUT2D eigenvalue weighted by Gasteiger charge is 2.28. The first-order valence-corrected chi connectivity index (χ1v) is 7.96. The Labute approximate surface area is 110 Å². The molecule has 1 saturated heterocycles. The summed E-state index contributed by atoms with van der Waals surface area (Å²) >= 11 is 1.20. The summed E-state index contributed by atoms with van der Waals surface area (Å²) in [6.45, 7) is 2.75. The Morgan fingerprint density at radius 2 is 2.11 bits per heavy atom. The molecule has 0 amide bonds. The molecule has 2 rings (SSSR count). The van der Waals surface area contributed by atoms with Gasteiger partial charge in [0.25, 0.3) is 0 Å². The van der Waals surface area contributed by atoms with Crippen molar-refractivity contribution in [2.45, 2.75) is 19.8 Å². The number of nitrogens with one attached hydrogen (secondary N) is 1. The number of aryl methyl sites for hydroxylation is 1. The SMILES string of the molecule is Cc1nnc(NS(=O)(=O)N2CCC(CO)CC2)s1. The summed E-state index contributed by atoms with van der Waals surface area (Å²) in [5, 5.41) is 17.5. The van der Waals surface area contributed by atoms with Crippen molar-refractivity contribution < 1.29 is 13.5 Å². The highest BCUT2D eigenvalue weighted by molar-refractivity contribution is 7.90. The van der Waals surface area contributed by atoms with Gasteiger partial charge < -0.3 is 5.11 Å². The molecule has 1 aliphatic heterocycles. The van der Waals surface area contributed by atoms with E-state index in [0.717, 1.165) is 0 Å². The summed E-state index contributed by atoms with van der Waals surface area (Å²) in [6, 6.07) is 0. The molecule has 0 atom stereocenters. The Kier molecular flexibility index (Phi) is 4.15. The van der Waals surface area contributed by atoms with E-state index in [1.165, 1.54) is 15.6 Å². The van der Waals surface area contributed by atoms with E-state index in [0.29, 0.717) is 30.9 Å². The van der Waals surface area contributed by atoms with E-state index < -0.39 is 10.2 Å². The first-order chi connectivity index (χ1) is 8.51. The zero-order valence-corrected chi connectivity index (χ0v) is 11.7. The van der Waals surface area contributed by atoms with E-state index in [-0.39, 0.29) is 17.7 Å². The molecular weight excluding hydrogens is 276 g/mol. The fraction of sp³-hybridized carbons (Fsp3) is 0.778. The van der Waals surface area contributed by atoms with Gasteiger partial charge in [0.2, 0.25) is 5.13 Å². The van der Waals surface area contributed by atoms with Crippen LogP contribution in [0, 0.1) is 12.8 Å². The summed E-state index contributed by atoms with van der Waals surface area (Å²) in [5.74, 6) is 0.209. The molecule has 0 aliphatic carbocycles. The Morgan fingerprint density at radius 1 is 1.44 bits per heavy atom. The molecular formula is C9H16N4O3S2. The average Bonchev–Trinajstić information content (AvgIpc) is 2.74. The quantitative estimate of drug-likeness (QED) is 0.827. The average molecular weight is 292 g/mol. The van der Waals surface area contributed by atoms with Crippen molar-refractivity contribution in [2.24, 2.45) is 5.92 Å². The van der Waals surface area contributed by atoms with Gasteiger partial charge in [-0.15, -0.1) is 10.2 Å². The van der Waals surface area contributed by atoms with Gasteiger partial charge in [-0.05, 0) is 25.7 Å². The predicted molar refractivity (Wildman–Crippen MR) is 68.6 cm³/mol. The van der Waals surface area contributed by atoms with Gasteiger partial charge in [-0.1, -0.05) is 11.3 Å². The monoisotopic (exact) mass is 292 g/mol. The third kappa shape index (κ3) is 3.16. The largest absolute Gasteiger partial charge is 0.396 e. The highest BCUT2D eigenvalue weighted by Crippen LogP contribution is 2.21. The molecule has 7 nitrogen and oxygen atoms in total. The molecule has 2 heterocycles. The third-order valence-corrected chi connectivity index (χ3v) is 5.29. The smallest absolute Gasteiger partial charge is 0.303 e. The van der Waals surface area contributed by atoms with E-state index in [4.69, 9.17) is 5.11 Å². The maximum absolute atomic E-state index is 12.1. The minimum Gasteiger partial charge on any atom is -0.396 e. The van der Waals surface area contributed by atoms with Crippen molar-refractivity contribution in [2.75, 3.05) is 24.4 Å². The molecule has 1 aromatic rings. The van der Waals surface area contributed by atoms with Gasteiger partial charge in [0, 0.05) is 19.7 Å². The van der Waals surface area contributed by atoms with Crippen LogP contribution in [0.5, 0.6) is 0 Å². The molecule has 0 bridgehead atoms. The van der Waals surface area contributed by atoms with Crippen LogP contribution in [-0.2, 0) is 10.2 Å². The summed E-state index contributed by atoms with van der Waals surface area (Å²) in [5.41, 5.74) is 0. The topological polar surface area (TPSA) is 95.4 Å². The Morgan fingerprint density at radius 3 is 2.61 bits per heavy atom. The number of nitrogens with zero attached hydrogens (tertiary/aromatic N) is 3. The fourth-order valence-corrected chi connectivity index (χ4v) is 3.85. The Bertz CT molecular complexity index is 494. The van der Waals surface area contributed by atoms with Crippen molar-refractivity contribution in [3.63, 3.8) is 0 Å². The van der Waals surface area contributed by atoms with Crippen molar-refractivity contribution in [1.29, 1.82) is 0 Å². The van der Waals surface area contributed by atoms with E-state index in [1.807, 2.05) is 0 Å². The lowest BCUT2D eigenvalue weighted by atomic mass is 10.00. The zero-order chi connectivity index (χ0) is 13.2. The van der Waals surface area contributed by atoms with Gasteiger partial charge in [-0.25, -0.2) is 4.72 Å². The number of aliphatic hydroxyl groups is 1. The number of piperidine rings is 1. The Balaban J connectivity index is 1.99. The summed E-state index contributed by atoms with van der Waals surface area (Å²) in [6.07, 6.45) is 1.37. The fourth-order valence-electron chi connectivity index (χ4n) is 1.84. The summed E-state index contributed by atoms with van der Waals surface area (Å²) in [7, 11) is -3.55. The van der Waals surface area contributed by atoms with Gasteiger partial charge in [-0.2, -0.15) is 12.7 Å². The number of hydrogen-bond acceptors (Lipinski definition) is 6. The maximum atomic E-state index is 12.1. The van der Waals surface area contributed by atoms with Gasteiger partial charge in [0.15, 0.2) is 0 Å². The number of aliphatic hydroxyl groups excluding tert-OH is 1. The number of rotatable bonds is 4. The molecule has 0 saturated carbocycles. The van der Waals surface area contributed by atoms with E-state index in [2.05, 4.69) is 14.9 Å². The van der Waals surface area contributed by atoms with Crippen LogP contribution >= 0.6 is 11.3 Å². The van der Waals surface area contributed by atoms with Crippen LogP contribution in [0.3, 0.4) is 0 Å². The molecule has 18 heavy (non-hydrogen) atoms. The van der Waals surface area contributed by atoms with Crippen LogP contribution in [0.2, 0.25) is 0 Å². The van der Waals surface area contributed by atoms with Crippen molar-refractivity contribution in [3.05, 3.63) is 5.01 Å². The minimum atomic E-state index is -3.55. The van der Waals surface area contributed by atoms with Crippen molar-refractivity contribution in [3.8, 4) is 0 Å². The molecule has 1 fully saturated rings. The molecule has 0 radical (unpaired) electrons. The minimum absolute atomic E-state index is 0.122. The molecule has 0 spiro atoms. The molecule has 1 aromatic heterocycles. The Hall–Kier alpha value is -0.770. The van der Waals surface area contributed by atoms with Crippen LogP contribution in [0.15, 0.2) is 0 Å². The van der Waals surface area contributed by atoms with Crippen LogP contribution in [0.1, 0.15) is 17.8 Å².